The quantitative estimate of drug-likeness (QED) is 0.474. The van der Waals surface area contributed by atoms with Gasteiger partial charge in [-0.15, -0.1) is 0 Å². The maximum absolute atomic E-state index is 6.78. The molecular weight excluding hydrogens is 360 g/mol. The zero-order chi connectivity index (χ0) is 20.5. The first-order chi connectivity index (χ1) is 13.5. The molecule has 0 saturated heterocycles. The molecule has 0 radical (unpaired) electrons. The number of unbranched alkanes of at least 4 members (excludes halogenated alkanes) is 1. The van der Waals surface area contributed by atoms with Crippen LogP contribution in [0.2, 0.25) is 5.04 Å². The van der Waals surface area contributed by atoms with Gasteiger partial charge in [0.25, 0.3) is 8.32 Å². The minimum Gasteiger partial charge on any atom is -0.396 e. The van der Waals surface area contributed by atoms with Gasteiger partial charge in [-0.05, 0) is 21.8 Å². The van der Waals surface area contributed by atoms with Crippen LogP contribution in [-0.4, -0.2) is 28.1 Å². The van der Waals surface area contributed by atoms with E-state index in [9.17, 15) is 0 Å². The SMILES string of the molecule is CCCCC(C#CCO[Si](c1ccccc1)(c1ccccc1)C(C)(C)C)OC. The van der Waals surface area contributed by atoms with Gasteiger partial charge in [-0.1, -0.05) is 113 Å². The first-order valence-corrected chi connectivity index (χ1v) is 12.1. The highest BCUT2D eigenvalue weighted by atomic mass is 28.4. The number of hydrogen-bond acceptors (Lipinski definition) is 2. The summed E-state index contributed by atoms with van der Waals surface area (Å²) in [6.45, 7) is 9.45. The Hall–Kier alpha value is -1.86. The van der Waals surface area contributed by atoms with Gasteiger partial charge in [0.2, 0.25) is 0 Å². The Labute approximate surface area is 172 Å². The van der Waals surface area contributed by atoms with Crippen LogP contribution in [0, 0.1) is 11.8 Å². The van der Waals surface area contributed by atoms with E-state index in [1.54, 1.807) is 7.11 Å². The summed E-state index contributed by atoms with van der Waals surface area (Å²) >= 11 is 0. The zero-order valence-corrected chi connectivity index (χ0v) is 19.0. The van der Waals surface area contributed by atoms with Gasteiger partial charge >= 0.3 is 0 Å². The minimum atomic E-state index is -2.50. The van der Waals surface area contributed by atoms with Crippen molar-refractivity contribution in [1.82, 2.24) is 0 Å². The van der Waals surface area contributed by atoms with Gasteiger partial charge in [-0.2, -0.15) is 0 Å². The molecule has 0 bridgehead atoms. The largest absolute Gasteiger partial charge is 0.396 e. The molecule has 0 N–H and O–H groups in total. The van der Waals surface area contributed by atoms with E-state index in [0.29, 0.717) is 6.61 Å². The van der Waals surface area contributed by atoms with Gasteiger partial charge in [0, 0.05) is 7.11 Å². The molecular formula is C25H34O2Si. The van der Waals surface area contributed by atoms with Crippen molar-refractivity contribution in [3.63, 3.8) is 0 Å². The highest BCUT2D eigenvalue weighted by Gasteiger charge is 2.49. The van der Waals surface area contributed by atoms with Crippen LogP contribution in [0.3, 0.4) is 0 Å². The fourth-order valence-corrected chi connectivity index (χ4v) is 8.14. The number of benzene rings is 2. The Balaban J connectivity index is 2.37. The summed E-state index contributed by atoms with van der Waals surface area (Å²) in [5, 5.41) is 2.54. The summed E-state index contributed by atoms with van der Waals surface area (Å²) < 4.78 is 12.3. The molecule has 0 saturated carbocycles. The molecule has 2 aromatic rings. The Bertz CT molecular complexity index is 714. The molecule has 2 rings (SSSR count). The first-order valence-electron chi connectivity index (χ1n) is 10.2. The van der Waals surface area contributed by atoms with Crippen LogP contribution >= 0.6 is 0 Å². The van der Waals surface area contributed by atoms with Crippen LogP contribution in [0.15, 0.2) is 60.7 Å². The maximum Gasteiger partial charge on any atom is 0.262 e. The van der Waals surface area contributed by atoms with E-state index in [1.807, 2.05) is 0 Å². The van der Waals surface area contributed by atoms with Crippen molar-refractivity contribution in [3.8, 4) is 11.8 Å². The normalized spacial score (nSPS) is 12.9. The Morgan fingerprint density at radius 3 is 1.89 bits per heavy atom. The van der Waals surface area contributed by atoms with Gasteiger partial charge in [-0.3, -0.25) is 0 Å². The van der Waals surface area contributed by atoms with Gasteiger partial charge in [0.05, 0.1) is 6.61 Å². The second-order valence-corrected chi connectivity index (χ2v) is 12.4. The average molecular weight is 395 g/mol. The third-order valence-corrected chi connectivity index (χ3v) is 10.1. The molecule has 1 unspecified atom stereocenters. The van der Waals surface area contributed by atoms with Crippen LogP contribution in [0.5, 0.6) is 0 Å². The van der Waals surface area contributed by atoms with Crippen LogP contribution in [0.25, 0.3) is 0 Å². The van der Waals surface area contributed by atoms with Crippen molar-refractivity contribution in [2.75, 3.05) is 13.7 Å². The summed E-state index contributed by atoms with van der Waals surface area (Å²) in [5.41, 5.74) is 0. The highest BCUT2D eigenvalue weighted by Crippen LogP contribution is 2.36. The van der Waals surface area contributed by atoms with Crippen LogP contribution in [0.1, 0.15) is 47.0 Å². The lowest BCUT2D eigenvalue weighted by atomic mass is 10.2. The summed E-state index contributed by atoms with van der Waals surface area (Å²) in [6, 6.07) is 21.4. The zero-order valence-electron chi connectivity index (χ0n) is 18.0. The Kier molecular flexibility index (Phi) is 8.50. The lowest BCUT2D eigenvalue weighted by Crippen LogP contribution is -2.66. The van der Waals surface area contributed by atoms with E-state index in [1.165, 1.54) is 10.4 Å². The average Bonchev–Trinajstić information content (AvgIpc) is 2.70. The molecule has 0 aliphatic rings. The topological polar surface area (TPSA) is 18.5 Å². The highest BCUT2D eigenvalue weighted by molar-refractivity contribution is 6.99. The van der Waals surface area contributed by atoms with Crippen molar-refractivity contribution in [2.45, 2.75) is 58.1 Å². The second kappa shape index (κ2) is 10.6. The fourth-order valence-electron chi connectivity index (χ4n) is 3.70. The molecule has 0 amide bonds. The Morgan fingerprint density at radius 1 is 0.929 bits per heavy atom. The molecule has 0 spiro atoms. The predicted molar refractivity (Wildman–Crippen MR) is 122 cm³/mol. The van der Waals surface area contributed by atoms with Crippen molar-refractivity contribution in [1.29, 1.82) is 0 Å². The number of ether oxygens (including phenoxy) is 1. The summed E-state index contributed by atoms with van der Waals surface area (Å²) in [5.74, 6) is 6.51. The second-order valence-electron chi connectivity index (χ2n) is 8.14. The van der Waals surface area contributed by atoms with Crippen LogP contribution < -0.4 is 10.4 Å². The van der Waals surface area contributed by atoms with Crippen molar-refractivity contribution < 1.29 is 9.16 Å². The molecule has 0 aliphatic carbocycles. The molecule has 0 heterocycles. The van der Waals surface area contributed by atoms with E-state index >= 15 is 0 Å². The third-order valence-electron chi connectivity index (χ3n) is 5.15. The smallest absolute Gasteiger partial charge is 0.262 e. The van der Waals surface area contributed by atoms with E-state index in [-0.39, 0.29) is 11.1 Å². The van der Waals surface area contributed by atoms with E-state index in [0.717, 1.165) is 19.3 Å². The Morgan fingerprint density at radius 2 is 1.46 bits per heavy atom. The van der Waals surface area contributed by atoms with E-state index in [4.69, 9.17) is 9.16 Å². The molecule has 2 nitrogen and oxygen atoms in total. The summed E-state index contributed by atoms with van der Waals surface area (Å²) in [6.07, 6.45) is 3.24. The van der Waals surface area contributed by atoms with Crippen molar-refractivity contribution in [3.05, 3.63) is 60.7 Å². The first kappa shape index (κ1) is 22.4. The number of hydrogen-bond donors (Lipinski definition) is 0. The van der Waals surface area contributed by atoms with Gasteiger partial charge in [0.15, 0.2) is 0 Å². The van der Waals surface area contributed by atoms with Crippen molar-refractivity contribution >= 4 is 18.7 Å². The molecule has 150 valence electrons. The maximum atomic E-state index is 6.78. The molecule has 1 atom stereocenters. The molecule has 28 heavy (non-hydrogen) atoms. The van der Waals surface area contributed by atoms with Gasteiger partial charge in [-0.25, -0.2) is 0 Å². The van der Waals surface area contributed by atoms with Crippen LogP contribution in [0.4, 0.5) is 0 Å². The van der Waals surface area contributed by atoms with Crippen LogP contribution in [-0.2, 0) is 9.16 Å². The van der Waals surface area contributed by atoms with E-state index in [2.05, 4.69) is 100 Å². The number of rotatable bonds is 8. The molecule has 0 aromatic heterocycles. The lowest BCUT2D eigenvalue weighted by molar-refractivity contribution is 0.138. The minimum absolute atomic E-state index is 0.0114. The fraction of sp³-hybridized carbons (Fsp3) is 0.440. The summed E-state index contributed by atoms with van der Waals surface area (Å²) in [4.78, 5) is 0. The molecule has 2 aromatic carbocycles. The lowest BCUT2D eigenvalue weighted by Gasteiger charge is -2.42. The standard InChI is InChI=1S/C25H34O2Si/c1-6-7-15-22(26-5)16-14-21-27-28(25(2,3)4,23-17-10-8-11-18-23)24-19-12-9-13-20-24/h8-13,17-20,22H,6-7,15,21H2,1-5H3. The third kappa shape index (κ3) is 5.35. The number of methoxy groups -OCH3 is 1. The van der Waals surface area contributed by atoms with Gasteiger partial charge < -0.3 is 9.16 Å². The molecule has 3 heteroatoms. The predicted octanol–water partition coefficient (Wildman–Crippen LogP) is 4.77. The summed E-state index contributed by atoms with van der Waals surface area (Å²) in [7, 11) is -0.766. The van der Waals surface area contributed by atoms with Gasteiger partial charge in [0.1, 0.15) is 6.10 Å². The molecule has 0 aliphatic heterocycles. The monoisotopic (exact) mass is 394 g/mol. The van der Waals surface area contributed by atoms with E-state index < -0.39 is 8.32 Å². The van der Waals surface area contributed by atoms with Crippen molar-refractivity contribution in [2.24, 2.45) is 0 Å². The molecule has 0 fully saturated rings.